The lowest BCUT2D eigenvalue weighted by Gasteiger charge is -2.32. The van der Waals surface area contributed by atoms with Gasteiger partial charge in [0, 0.05) is 6.54 Å². The van der Waals surface area contributed by atoms with Crippen LogP contribution in [0.1, 0.15) is 19.3 Å². The van der Waals surface area contributed by atoms with E-state index in [0.29, 0.717) is 6.54 Å². The van der Waals surface area contributed by atoms with Crippen molar-refractivity contribution in [3.8, 4) is 0 Å². The fourth-order valence-electron chi connectivity index (χ4n) is 0.918. The van der Waals surface area contributed by atoms with E-state index in [2.05, 4.69) is 5.18 Å². The van der Waals surface area contributed by atoms with Crippen molar-refractivity contribution in [1.29, 1.82) is 0 Å². The molecule has 1 fully saturated rings. The fourth-order valence-corrected chi connectivity index (χ4v) is 0.918. The van der Waals surface area contributed by atoms with Gasteiger partial charge in [-0.25, -0.2) is 0 Å². The minimum Gasteiger partial charge on any atom is -0.328 e. The Labute approximate surface area is 48.2 Å². The summed E-state index contributed by atoms with van der Waals surface area (Å²) in [4.78, 5) is 10.0. The lowest BCUT2D eigenvalue weighted by atomic mass is 9.78. The molecule has 0 aromatic heterocycles. The predicted octanol–water partition coefficient (Wildman–Crippen LogP) is 0.634. The zero-order valence-electron chi connectivity index (χ0n) is 4.76. The average molecular weight is 114 g/mol. The number of hydrogen-bond donors (Lipinski definition) is 1. The Kier molecular flexibility index (Phi) is 1.29. The van der Waals surface area contributed by atoms with Gasteiger partial charge in [-0.2, -0.15) is 4.91 Å². The summed E-state index contributed by atoms with van der Waals surface area (Å²) in [5, 5.41) is 2.97. The molecule has 8 heavy (non-hydrogen) atoms. The second-order valence-corrected chi connectivity index (χ2v) is 2.37. The van der Waals surface area contributed by atoms with Gasteiger partial charge in [-0.05, 0) is 19.3 Å². The summed E-state index contributed by atoms with van der Waals surface area (Å²) < 4.78 is 0. The molecule has 3 nitrogen and oxygen atoms in total. The van der Waals surface area contributed by atoms with E-state index in [1.54, 1.807) is 0 Å². The van der Waals surface area contributed by atoms with E-state index in [4.69, 9.17) is 5.73 Å². The number of hydrogen-bond acceptors (Lipinski definition) is 3. The molecule has 0 spiro atoms. The summed E-state index contributed by atoms with van der Waals surface area (Å²) in [7, 11) is 0. The van der Waals surface area contributed by atoms with Crippen molar-refractivity contribution in [2.75, 3.05) is 6.54 Å². The van der Waals surface area contributed by atoms with Crippen LogP contribution in [0.4, 0.5) is 0 Å². The molecule has 1 saturated carbocycles. The molecule has 1 aliphatic carbocycles. The van der Waals surface area contributed by atoms with Gasteiger partial charge in [0.25, 0.3) is 0 Å². The molecule has 1 aliphatic rings. The third-order valence-corrected chi connectivity index (χ3v) is 1.86. The fraction of sp³-hybridized carbons (Fsp3) is 1.00. The molecule has 2 N–H and O–H groups in total. The highest BCUT2D eigenvalue weighted by Gasteiger charge is 2.36. The standard InChI is InChI=1S/C5H10N2O/c6-4-5(7-8)2-1-3-5/h1-4,6H2. The molecule has 0 radical (unpaired) electrons. The topological polar surface area (TPSA) is 55.4 Å². The Hall–Kier alpha value is -0.440. The van der Waals surface area contributed by atoms with Crippen LogP contribution in [0.3, 0.4) is 0 Å². The summed E-state index contributed by atoms with van der Waals surface area (Å²) in [6, 6.07) is 0. The highest BCUT2D eigenvalue weighted by Crippen LogP contribution is 2.33. The first kappa shape index (κ1) is 5.69. The Morgan fingerprint density at radius 1 is 1.62 bits per heavy atom. The average Bonchev–Trinajstić information content (AvgIpc) is 1.67. The quantitative estimate of drug-likeness (QED) is 0.535. The molecule has 0 unspecified atom stereocenters. The molecular weight excluding hydrogens is 104 g/mol. The molecule has 0 bridgehead atoms. The molecule has 0 aromatic rings. The van der Waals surface area contributed by atoms with Crippen molar-refractivity contribution in [3.63, 3.8) is 0 Å². The molecule has 0 heterocycles. The van der Waals surface area contributed by atoms with Crippen LogP contribution in [0.5, 0.6) is 0 Å². The van der Waals surface area contributed by atoms with Gasteiger partial charge in [-0.3, -0.25) is 0 Å². The third-order valence-electron chi connectivity index (χ3n) is 1.86. The van der Waals surface area contributed by atoms with E-state index in [1.165, 1.54) is 0 Å². The van der Waals surface area contributed by atoms with Crippen LogP contribution in [0, 0.1) is 4.91 Å². The van der Waals surface area contributed by atoms with E-state index in [9.17, 15) is 4.91 Å². The van der Waals surface area contributed by atoms with Crippen LogP contribution in [0.25, 0.3) is 0 Å². The van der Waals surface area contributed by atoms with Gasteiger partial charge < -0.3 is 5.73 Å². The number of nitrogens with zero attached hydrogens (tertiary/aromatic N) is 1. The van der Waals surface area contributed by atoms with Gasteiger partial charge in [-0.15, -0.1) is 0 Å². The van der Waals surface area contributed by atoms with E-state index in [0.717, 1.165) is 19.3 Å². The lowest BCUT2D eigenvalue weighted by molar-refractivity contribution is 0.259. The maximum atomic E-state index is 10.0. The van der Waals surface area contributed by atoms with Crippen LogP contribution in [0.15, 0.2) is 5.18 Å². The van der Waals surface area contributed by atoms with E-state index >= 15 is 0 Å². The summed E-state index contributed by atoms with van der Waals surface area (Å²) in [6.07, 6.45) is 2.91. The second-order valence-electron chi connectivity index (χ2n) is 2.37. The SMILES string of the molecule is NCC1(N=O)CCC1. The van der Waals surface area contributed by atoms with Crippen LogP contribution in [0.2, 0.25) is 0 Å². The summed E-state index contributed by atoms with van der Waals surface area (Å²) in [5.41, 5.74) is 4.94. The van der Waals surface area contributed by atoms with E-state index < -0.39 is 0 Å². The number of nitroso groups, excluding NO2 is 1. The molecule has 3 heteroatoms. The monoisotopic (exact) mass is 114 g/mol. The molecule has 0 amide bonds. The first-order chi connectivity index (χ1) is 3.83. The largest absolute Gasteiger partial charge is 0.328 e. The Balaban J connectivity index is 2.45. The molecule has 0 atom stereocenters. The first-order valence-corrected chi connectivity index (χ1v) is 2.88. The van der Waals surface area contributed by atoms with Crippen LogP contribution in [-0.4, -0.2) is 12.1 Å². The summed E-state index contributed by atoms with van der Waals surface area (Å²) in [5.74, 6) is 0. The molecular formula is C5H10N2O. The zero-order chi connectivity index (χ0) is 6.04. The van der Waals surface area contributed by atoms with Gasteiger partial charge in [0.15, 0.2) is 0 Å². The summed E-state index contributed by atoms with van der Waals surface area (Å²) >= 11 is 0. The Bertz CT molecular complexity index is 93.1. The van der Waals surface area contributed by atoms with Crippen molar-refractivity contribution in [3.05, 3.63) is 4.91 Å². The zero-order valence-corrected chi connectivity index (χ0v) is 4.76. The van der Waals surface area contributed by atoms with Gasteiger partial charge >= 0.3 is 0 Å². The van der Waals surface area contributed by atoms with E-state index in [1.807, 2.05) is 0 Å². The van der Waals surface area contributed by atoms with Crippen molar-refractivity contribution < 1.29 is 0 Å². The van der Waals surface area contributed by atoms with Crippen LogP contribution in [-0.2, 0) is 0 Å². The molecule has 0 aliphatic heterocycles. The molecule has 46 valence electrons. The lowest BCUT2D eigenvalue weighted by Crippen LogP contribution is -2.41. The molecule has 0 aromatic carbocycles. The molecule has 1 rings (SSSR count). The highest BCUT2D eigenvalue weighted by molar-refractivity contribution is 4.96. The number of rotatable bonds is 2. The third kappa shape index (κ3) is 0.629. The van der Waals surface area contributed by atoms with Crippen LogP contribution < -0.4 is 5.73 Å². The Morgan fingerprint density at radius 3 is 2.25 bits per heavy atom. The minimum atomic E-state index is -0.347. The minimum absolute atomic E-state index is 0.347. The predicted molar refractivity (Wildman–Crippen MR) is 31.4 cm³/mol. The van der Waals surface area contributed by atoms with Gasteiger partial charge in [-0.1, -0.05) is 5.18 Å². The van der Waals surface area contributed by atoms with E-state index in [-0.39, 0.29) is 5.54 Å². The molecule has 0 saturated heterocycles. The normalized spacial score (nSPS) is 24.1. The second kappa shape index (κ2) is 1.82. The van der Waals surface area contributed by atoms with Crippen molar-refractivity contribution in [2.45, 2.75) is 24.8 Å². The van der Waals surface area contributed by atoms with Crippen molar-refractivity contribution in [1.82, 2.24) is 0 Å². The van der Waals surface area contributed by atoms with Gasteiger partial charge in [0.2, 0.25) is 0 Å². The van der Waals surface area contributed by atoms with Crippen LogP contribution >= 0.6 is 0 Å². The maximum absolute atomic E-state index is 10.0. The highest BCUT2D eigenvalue weighted by atomic mass is 16.3. The maximum Gasteiger partial charge on any atom is 0.115 e. The van der Waals surface area contributed by atoms with Gasteiger partial charge in [0.1, 0.15) is 5.54 Å². The van der Waals surface area contributed by atoms with Gasteiger partial charge in [0.05, 0.1) is 0 Å². The summed E-state index contributed by atoms with van der Waals surface area (Å²) in [6.45, 7) is 0.427. The Morgan fingerprint density at radius 2 is 2.25 bits per heavy atom. The first-order valence-electron chi connectivity index (χ1n) is 2.88. The van der Waals surface area contributed by atoms with Crippen molar-refractivity contribution in [2.24, 2.45) is 10.9 Å². The van der Waals surface area contributed by atoms with Crippen molar-refractivity contribution >= 4 is 0 Å². The number of nitrogens with two attached hydrogens (primary N) is 1. The smallest absolute Gasteiger partial charge is 0.115 e.